The lowest BCUT2D eigenvalue weighted by Gasteiger charge is -2.32. The smallest absolute Gasteiger partial charge is 0.200 e. The Balaban J connectivity index is 1.55. The van der Waals surface area contributed by atoms with E-state index in [9.17, 15) is 8.78 Å². The number of hydrogen-bond donors (Lipinski definition) is 0. The SMILES string of the molecule is CCOc1ccc(C2CCC(COC3CCC3)CC2)c(F)c1F. The van der Waals surface area contributed by atoms with Crippen molar-refractivity contribution in [2.75, 3.05) is 13.2 Å². The molecular weight excluding hydrogens is 298 g/mol. The van der Waals surface area contributed by atoms with Crippen molar-refractivity contribution in [3.05, 3.63) is 29.3 Å². The van der Waals surface area contributed by atoms with Gasteiger partial charge in [-0.2, -0.15) is 4.39 Å². The maximum Gasteiger partial charge on any atom is 0.200 e. The average Bonchev–Trinajstić information content (AvgIpc) is 2.52. The Morgan fingerprint density at radius 3 is 2.35 bits per heavy atom. The molecule has 0 radical (unpaired) electrons. The van der Waals surface area contributed by atoms with E-state index in [1.807, 2.05) is 0 Å². The van der Waals surface area contributed by atoms with E-state index in [4.69, 9.17) is 9.47 Å². The van der Waals surface area contributed by atoms with Crippen LogP contribution in [0.3, 0.4) is 0 Å². The van der Waals surface area contributed by atoms with Crippen LogP contribution in [-0.4, -0.2) is 19.3 Å². The van der Waals surface area contributed by atoms with E-state index in [1.165, 1.54) is 19.3 Å². The standard InChI is InChI=1S/C19H26F2O2/c1-2-22-17-11-10-16(18(20)19(17)21)14-8-6-13(7-9-14)12-23-15-4-3-5-15/h10-11,13-15H,2-9,12H2,1H3. The van der Waals surface area contributed by atoms with E-state index < -0.39 is 11.6 Å². The summed E-state index contributed by atoms with van der Waals surface area (Å²) in [5.74, 6) is -0.885. The molecule has 0 spiro atoms. The largest absolute Gasteiger partial charge is 0.491 e. The predicted octanol–water partition coefficient (Wildman–Crippen LogP) is 5.21. The number of hydrogen-bond acceptors (Lipinski definition) is 2. The maximum absolute atomic E-state index is 14.3. The molecule has 2 aliphatic carbocycles. The number of ether oxygens (including phenoxy) is 2. The molecule has 2 fully saturated rings. The van der Waals surface area contributed by atoms with E-state index in [0.717, 1.165) is 32.3 Å². The van der Waals surface area contributed by atoms with Gasteiger partial charge in [0.1, 0.15) is 0 Å². The number of benzene rings is 1. The van der Waals surface area contributed by atoms with Crippen LogP contribution in [0, 0.1) is 17.6 Å². The van der Waals surface area contributed by atoms with Crippen LogP contribution in [0.2, 0.25) is 0 Å². The molecule has 2 aliphatic rings. The quantitative estimate of drug-likeness (QED) is 0.715. The second-order valence-corrected chi connectivity index (χ2v) is 6.82. The van der Waals surface area contributed by atoms with Gasteiger partial charge in [0.2, 0.25) is 5.82 Å². The van der Waals surface area contributed by atoms with Gasteiger partial charge >= 0.3 is 0 Å². The Morgan fingerprint density at radius 1 is 1.00 bits per heavy atom. The molecule has 1 aromatic carbocycles. The fraction of sp³-hybridized carbons (Fsp3) is 0.684. The van der Waals surface area contributed by atoms with E-state index in [-0.39, 0.29) is 11.7 Å². The van der Waals surface area contributed by atoms with Gasteiger partial charge in [0.15, 0.2) is 11.6 Å². The summed E-state index contributed by atoms with van der Waals surface area (Å²) in [4.78, 5) is 0. The third-order valence-electron chi connectivity index (χ3n) is 5.28. The molecule has 0 aliphatic heterocycles. The second-order valence-electron chi connectivity index (χ2n) is 6.82. The van der Waals surface area contributed by atoms with Gasteiger partial charge in [-0.3, -0.25) is 0 Å². The normalized spacial score (nSPS) is 25.2. The van der Waals surface area contributed by atoms with Gasteiger partial charge in [0.05, 0.1) is 12.7 Å². The van der Waals surface area contributed by atoms with Crippen LogP contribution in [0.1, 0.15) is 63.4 Å². The van der Waals surface area contributed by atoms with E-state index >= 15 is 0 Å². The van der Waals surface area contributed by atoms with Crippen LogP contribution in [0.15, 0.2) is 12.1 Å². The highest BCUT2D eigenvalue weighted by molar-refractivity contribution is 5.33. The van der Waals surface area contributed by atoms with E-state index in [2.05, 4.69) is 0 Å². The fourth-order valence-electron chi connectivity index (χ4n) is 3.58. The van der Waals surface area contributed by atoms with Gasteiger partial charge < -0.3 is 9.47 Å². The molecule has 23 heavy (non-hydrogen) atoms. The first-order chi connectivity index (χ1) is 11.2. The molecule has 0 bridgehead atoms. The second kappa shape index (κ2) is 7.61. The average molecular weight is 324 g/mol. The first-order valence-corrected chi connectivity index (χ1v) is 8.91. The molecule has 0 amide bonds. The Bertz CT molecular complexity index is 520. The molecule has 0 saturated heterocycles. The molecule has 128 valence electrons. The zero-order valence-corrected chi connectivity index (χ0v) is 13.8. The predicted molar refractivity (Wildman–Crippen MR) is 85.8 cm³/mol. The lowest BCUT2D eigenvalue weighted by Crippen LogP contribution is -2.26. The zero-order chi connectivity index (χ0) is 16.2. The van der Waals surface area contributed by atoms with Crippen molar-refractivity contribution >= 4 is 0 Å². The van der Waals surface area contributed by atoms with E-state index in [0.29, 0.717) is 24.2 Å². The highest BCUT2D eigenvalue weighted by Crippen LogP contribution is 2.39. The molecule has 0 aromatic heterocycles. The lowest BCUT2D eigenvalue weighted by molar-refractivity contribution is -0.0220. The summed E-state index contributed by atoms with van der Waals surface area (Å²) in [6, 6.07) is 3.25. The van der Waals surface area contributed by atoms with E-state index in [1.54, 1.807) is 19.1 Å². The van der Waals surface area contributed by atoms with Gasteiger partial charge in [-0.05, 0) is 75.3 Å². The molecule has 2 saturated carbocycles. The van der Waals surface area contributed by atoms with Crippen molar-refractivity contribution in [2.45, 2.75) is 63.9 Å². The molecule has 0 N–H and O–H groups in total. The minimum atomic E-state index is -0.847. The first kappa shape index (κ1) is 16.7. The Labute approximate surface area is 137 Å². The van der Waals surface area contributed by atoms with Crippen molar-refractivity contribution in [3.63, 3.8) is 0 Å². The summed E-state index contributed by atoms with van der Waals surface area (Å²) in [5, 5.41) is 0. The summed E-state index contributed by atoms with van der Waals surface area (Å²) in [6.45, 7) is 2.93. The highest BCUT2D eigenvalue weighted by Gasteiger charge is 2.28. The van der Waals surface area contributed by atoms with Crippen molar-refractivity contribution in [3.8, 4) is 5.75 Å². The maximum atomic E-state index is 14.3. The Morgan fingerprint density at radius 2 is 1.74 bits per heavy atom. The third kappa shape index (κ3) is 3.85. The Kier molecular flexibility index (Phi) is 5.52. The number of rotatable bonds is 6. The summed E-state index contributed by atoms with van der Waals surface area (Å²) >= 11 is 0. The molecular formula is C19H26F2O2. The van der Waals surface area contributed by atoms with Crippen molar-refractivity contribution in [2.24, 2.45) is 5.92 Å². The van der Waals surface area contributed by atoms with Crippen LogP contribution in [-0.2, 0) is 4.74 Å². The monoisotopic (exact) mass is 324 g/mol. The lowest BCUT2D eigenvalue weighted by atomic mass is 9.78. The molecule has 4 heteroatoms. The summed E-state index contributed by atoms with van der Waals surface area (Å²) in [7, 11) is 0. The molecule has 0 heterocycles. The molecule has 3 rings (SSSR count). The summed E-state index contributed by atoms with van der Waals surface area (Å²) in [6.07, 6.45) is 8.05. The van der Waals surface area contributed by atoms with Gasteiger partial charge in [-0.1, -0.05) is 6.07 Å². The molecule has 0 unspecified atom stereocenters. The van der Waals surface area contributed by atoms with Crippen molar-refractivity contribution in [1.82, 2.24) is 0 Å². The van der Waals surface area contributed by atoms with Gasteiger partial charge in [0, 0.05) is 6.61 Å². The van der Waals surface area contributed by atoms with Crippen LogP contribution in [0.5, 0.6) is 5.75 Å². The van der Waals surface area contributed by atoms with Crippen molar-refractivity contribution in [1.29, 1.82) is 0 Å². The highest BCUT2D eigenvalue weighted by atomic mass is 19.2. The minimum absolute atomic E-state index is 0.0105. The summed E-state index contributed by atoms with van der Waals surface area (Å²) in [5.41, 5.74) is 0.504. The van der Waals surface area contributed by atoms with Gasteiger partial charge in [0.25, 0.3) is 0 Å². The van der Waals surface area contributed by atoms with Gasteiger partial charge in [-0.25, -0.2) is 4.39 Å². The Hall–Kier alpha value is -1.16. The molecule has 2 nitrogen and oxygen atoms in total. The molecule has 1 aromatic rings. The zero-order valence-electron chi connectivity index (χ0n) is 13.8. The van der Waals surface area contributed by atoms with Crippen molar-refractivity contribution < 1.29 is 18.3 Å². The van der Waals surface area contributed by atoms with Crippen LogP contribution in [0.25, 0.3) is 0 Å². The fourth-order valence-corrected chi connectivity index (χ4v) is 3.58. The summed E-state index contributed by atoms with van der Waals surface area (Å²) < 4.78 is 39.3. The topological polar surface area (TPSA) is 18.5 Å². The third-order valence-corrected chi connectivity index (χ3v) is 5.28. The first-order valence-electron chi connectivity index (χ1n) is 8.91. The van der Waals surface area contributed by atoms with Gasteiger partial charge in [-0.15, -0.1) is 0 Å². The molecule has 0 atom stereocenters. The van der Waals surface area contributed by atoms with Crippen LogP contribution in [0.4, 0.5) is 8.78 Å². The minimum Gasteiger partial charge on any atom is -0.491 e. The van der Waals surface area contributed by atoms with Crippen LogP contribution < -0.4 is 4.74 Å². The number of halogens is 2. The van der Waals surface area contributed by atoms with Crippen LogP contribution >= 0.6 is 0 Å².